The molecule has 0 aliphatic carbocycles. The summed E-state index contributed by atoms with van der Waals surface area (Å²) in [6.07, 6.45) is 0. The van der Waals surface area contributed by atoms with Crippen LogP contribution in [0.15, 0.2) is 57.7 Å². The van der Waals surface area contributed by atoms with Crippen molar-refractivity contribution < 1.29 is 13.9 Å². The number of carbonyl (C=O) groups is 1. The number of rotatable bonds is 3. The van der Waals surface area contributed by atoms with Gasteiger partial charge in [0, 0.05) is 10.9 Å². The van der Waals surface area contributed by atoms with Crippen LogP contribution in [-0.2, 0) is 0 Å². The van der Waals surface area contributed by atoms with E-state index in [1.807, 2.05) is 12.1 Å². The Morgan fingerprint density at radius 1 is 1.23 bits per heavy atom. The van der Waals surface area contributed by atoms with Gasteiger partial charge in [0.15, 0.2) is 11.3 Å². The molecule has 1 heterocycles. The molecule has 0 spiro atoms. The third-order valence-electron chi connectivity index (χ3n) is 3.62. The molecule has 1 N–H and O–H groups in total. The van der Waals surface area contributed by atoms with Crippen molar-refractivity contribution in [2.75, 3.05) is 13.7 Å². The monoisotopic (exact) mass is 367 g/mol. The van der Waals surface area contributed by atoms with Gasteiger partial charge in [-0.1, -0.05) is 47.7 Å². The van der Waals surface area contributed by atoms with E-state index in [0.29, 0.717) is 27.3 Å². The fourth-order valence-electron chi connectivity index (χ4n) is 2.36. The molecule has 0 fully saturated rings. The summed E-state index contributed by atoms with van der Waals surface area (Å²) in [5, 5.41) is 3.71. The van der Waals surface area contributed by atoms with E-state index in [-0.39, 0.29) is 12.1 Å². The standard InChI is InChI=1S/C20H14ClNO4/c1-25-17-10-4-7-14-12-15(20(24)26-18(14)17)19(23)22-11-5-8-13-6-2-3-9-16(13)21/h2-4,6-7,9-10,12H,11H2,1H3,(H,22,23). The maximum atomic E-state index is 12.2. The molecule has 0 aliphatic heterocycles. The van der Waals surface area contributed by atoms with Gasteiger partial charge in [-0.05, 0) is 24.3 Å². The second kappa shape index (κ2) is 7.77. The number of methoxy groups -OCH3 is 1. The van der Waals surface area contributed by atoms with E-state index in [1.165, 1.54) is 13.2 Å². The SMILES string of the molecule is COc1cccc2cc(C(=O)NCC#Cc3ccccc3Cl)c(=O)oc12. The molecule has 5 nitrogen and oxygen atoms in total. The molecular weight excluding hydrogens is 354 g/mol. The summed E-state index contributed by atoms with van der Waals surface area (Å²) in [5.74, 6) is 5.53. The summed E-state index contributed by atoms with van der Waals surface area (Å²) in [6, 6.07) is 13.8. The lowest BCUT2D eigenvalue weighted by atomic mass is 10.1. The summed E-state index contributed by atoms with van der Waals surface area (Å²) in [6.45, 7) is 0.0691. The van der Waals surface area contributed by atoms with Crippen molar-refractivity contribution in [2.24, 2.45) is 0 Å². The predicted molar refractivity (Wildman–Crippen MR) is 99.7 cm³/mol. The molecule has 0 saturated heterocycles. The molecular formula is C20H14ClNO4. The average molecular weight is 368 g/mol. The minimum absolute atomic E-state index is 0.0691. The van der Waals surface area contributed by atoms with Crippen LogP contribution in [0.3, 0.4) is 0 Å². The zero-order valence-corrected chi connectivity index (χ0v) is 14.6. The second-order valence-corrected chi connectivity index (χ2v) is 5.70. The maximum Gasteiger partial charge on any atom is 0.349 e. The summed E-state index contributed by atoms with van der Waals surface area (Å²) < 4.78 is 10.4. The van der Waals surface area contributed by atoms with Crippen LogP contribution >= 0.6 is 11.6 Å². The highest BCUT2D eigenvalue weighted by Gasteiger charge is 2.14. The third-order valence-corrected chi connectivity index (χ3v) is 3.95. The van der Waals surface area contributed by atoms with Gasteiger partial charge < -0.3 is 14.5 Å². The lowest BCUT2D eigenvalue weighted by Gasteiger charge is -2.05. The number of amides is 1. The molecule has 1 aromatic heterocycles. The van der Waals surface area contributed by atoms with Gasteiger partial charge in [-0.2, -0.15) is 0 Å². The Hall–Kier alpha value is -3.23. The van der Waals surface area contributed by atoms with E-state index in [4.69, 9.17) is 20.8 Å². The molecule has 130 valence electrons. The molecule has 6 heteroatoms. The van der Waals surface area contributed by atoms with Crippen molar-refractivity contribution in [1.82, 2.24) is 5.32 Å². The third kappa shape index (κ3) is 3.71. The number of hydrogen-bond donors (Lipinski definition) is 1. The number of para-hydroxylation sites is 1. The molecule has 3 aromatic rings. The van der Waals surface area contributed by atoms with Crippen LogP contribution in [-0.4, -0.2) is 19.6 Å². The van der Waals surface area contributed by atoms with E-state index >= 15 is 0 Å². The van der Waals surface area contributed by atoms with E-state index < -0.39 is 11.5 Å². The highest BCUT2D eigenvalue weighted by atomic mass is 35.5. The van der Waals surface area contributed by atoms with E-state index in [0.717, 1.165) is 0 Å². The molecule has 2 aromatic carbocycles. The first-order chi connectivity index (χ1) is 12.6. The first-order valence-corrected chi connectivity index (χ1v) is 8.10. The quantitative estimate of drug-likeness (QED) is 0.570. The number of fused-ring (bicyclic) bond motifs is 1. The van der Waals surface area contributed by atoms with Gasteiger partial charge in [0.25, 0.3) is 5.91 Å². The number of benzene rings is 2. The first kappa shape index (κ1) is 17.6. The molecule has 0 unspecified atom stereocenters. The van der Waals surface area contributed by atoms with Gasteiger partial charge in [-0.25, -0.2) is 4.79 Å². The van der Waals surface area contributed by atoms with Crippen molar-refractivity contribution in [3.05, 3.63) is 75.1 Å². The van der Waals surface area contributed by atoms with Gasteiger partial charge in [0.05, 0.1) is 18.7 Å². The fourth-order valence-corrected chi connectivity index (χ4v) is 2.54. The maximum absolute atomic E-state index is 12.2. The lowest BCUT2D eigenvalue weighted by Crippen LogP contribution is -2.28. The predicted octanol–water partition coefficient (Wildman–Crippen LogP) is 3.24. The Morgan fingerprint density at radius 3 is 2.81 bits per heavy atom. The Balaban J connectivity index is 1.78. The fraction of sp³-hybridized carbons (Fsp3) is 0.100. The minimum Gasteiger partial charge on any atom is -0.493 e. The summed E-state index contributed by atoms with van der Waals surface area (Å²) in [7, 11) is 1.48. The van der Waals surface area contributed by atoms with Crippen LogP contribution in [0.25, 0.3) is 11.0 Å². The van der Waals surface area contributed by atoms with Crippen LogP contribution < -0.4 is 15.7 Å². The number of ether oxygens (including phenoxy) is 1. The number of nitrogens with one attached hydrogen (secondary N) is 1. The summed E-state index contributed by atoms with van der Waals surface area (Å²) in [5.41, 5.74) is 0.139. The second-order valence-electron chi connectivity index (χ2n) is 5.29. The minimum atomic E-state index is -0.737. The Labute approximate surface area is 154 Å². The Morgan fingerprint density at radius 2 is 2.04 bits per heavy atom. The van der Waals surface area contributed by atoms with E-state index in [2.05, 4.69) is 17.2 Å². The molecule has 3 rings (SSSR count). The number of hydrogen-bond acceptors (Lipinski definition) is 4. The van der Waals surface area contributed by atoms with Crippen LogP contribution in [0.1, 0.15) is 15.9 Å². The Bertz CT molecular complexity index is 1090. The zero-order chi connectivity index (χ0) is 18.5. The highest BCUT2D eigenvalue weighted by Crippen LogP contribution is 2.24. The Kier molecular flexibility index (Phi) is 5.26. The smallest absolute Gasteiger partial charge is 0.349 e. The van der Waals surface area contributed by atoms with Crippen molar-refractivity contribution in [3.8, 4) is 17.6 Å². The van der Waals surface area contributed by atoms with Crippen LogP contribution in [0, 0.1) is 11.8 Å². The molecule has 0 aliphatic rings. The first-order valence-electron chi connectivity index (χ1n) is 7.72. The molecule has 0 radical (unpaired) electrons. The van der Waals surface area contributed by atoms with Gasteiger partial charge in [0.1, 0.15) is 5.56 Å². The summed E-state index contributed by atoms with van der Waals surface area (Å²) in [4.78, 5) is 24.4. The molecule has 0 atom stereocenters. The van der Waals surface area contributed by atoms with Gasteiger partial charge >= 0.3 is 5.63 Å². The molecule has 1 amide bonds. The van der Waals surface area contributed by atoms with Gasteiger partial charge in [-0.15, -0.1) is 0 Å². The molecule has 26 heavy (non-hydrogen) atoms. The van der Waals surface area contributed by atoms with E-state index in [1.54, 1.807) is 30.3 Å². The van der Waals surface area contributed by atoms with Crippen molar-refractivity contribution in [1.29, 1.82) is 0 Å². The van der Waals surface area contributed by atoms with E-state index in [9.17, 15) is 9.59 Å². The molecule has 0 saturated carbocycles. The van der Waals surface area contributed by atoms with Crippen LogP contribution in [0.2, 0.25) is 5.02 Å². The van der Waals surface area contributed by atoms with Crippen LogP contribution in [0.5, 0.6) is 5.75 Å². The normalized spacial score (nSPS) is 10.1. The van der Waals surface area contributed by atoms with Crippen molar-refractivity contribution in [2.45, 2.75) is 0 Å². The average Bonchev–Trinajstić information content (AvgIpc) is 2.65. The number of halogens is 1. The zero-order valence-electron chi connectivity index (χ0n) is 13.8. The molecule has 0 bridgehead atoms. The summed E-state index contributed by atoms with van der Waals surface area (Å²) >= 11 is 6.01. The number of carbonyl (C=O) groups excluding carboxylic acids is 1. The topological polar surface area (TPSA) is 68.5 Å². The van der Waals surface area contributed by atoms with Crippen molar-refractivity contribution >= 4 is 28.5 Å². The van der Waals surface area contributed by atoms with Gasteiger partial charge in [0.2, 0.25) is 0 Å². The van der Waals surface area contributed by atoms with Crippen molar-refractivity contribution in [3.63, 3.8) is 0 Å². The largest absolute Gasteiger partial charge is 0.493 e. The lowest BCUT2D eigenvalue weighted by molar-refractivity contribution is 0.0955. The van der Waals surface area contributed by atoms with Gasteiger partial charge in [-0.3, -0.25) is 4.79 Å². The van der Waals surface area contributed by atoms with Crippen LogP contribution in [0.4, 0.5) is 0 Å². The highest BCUT2D eigenvalue weighted by molar-refractivity contribution is 6.31.